The molecule has 2 N–H and O–H groups in total. The second-order valence-corrected chi connectivity index (χ2v) is 7.78. The number of rotatable bonds is 4. The van der Waals surface area contributed by atoms with E-state index >= 15 is 0 Å². The number of nitrogens with one attached hydrogen (secondary N) is 1. The number of aromatic nitrogens is 3. The number of hydrogen-bond donors (Lipinski definition) is 2. The number of amides is 1. The van der Waals surface area contributed by atoms with Crippen molar-refractivity contribution < 1.29 is 32.3 Å². The summed E-state index contributed by atoms with van der Waals surface area (Å²) in [5.74, 6) is -0.288. The molecule has 0 saturated heterocycles. The number of fused-ring (bicyclic) bond motifs is 1. The molecule has 0 radical (unpaired) electrons. The largest absolute Gasteiger partial charge is 0.490 e. The maximum Gasteiger partial charge on any atom is 0.490 e. The first-order valence-electron chi connectivity index (χ1n) is 10.4. The number of carbonyl (C=O) groups is 2. The lowest BCUT2D eigenvalue weighted by Gasteiger charge is -2.24. The minimum absolute atomic E-state index is 0.00170. The van der Waals surface area contributed by atoms with E-state index in [1.54, 1.807) is 12.4 Å². The Bertz CT molecular complexity index is 1130. The summed E-state index contributed by atoms with van der Waals surface area (Å²) < 4.78 is 39.3. The Kier molecular flexibility index (Phi) is 7.59. The van der Waals surface area contributed by atoms with Crippen LogP contribution < -0.4 is 5.32 Å². The number of nitrogens with zero attached hydrogens (tertiary/aromatic N) is 4. The first-order valence-corrected chi connectivity index (χ1v) is 10.4. The Morgan fingerprint density at radius 1 is 1.21 bits per heavy atom. The van der Waals surface area contributed by atoms with Crippen LogP contribution >= 0.6 is 0 Å². The molecule has 0 aliphatic carbocycles. The Balaban J connectivity index is 0.000000406. The van der Waals surface area contributed by atoms with E-state index in [9.17, 15) is 18.0 Å². The minimum Gasteiger partial charge on any atom is -0.475 e. The maximum absolute atomic E-state index is 13.1. The molecule has 0 bridgehead atoms. The van der Waals surface area contributed by atoms with Crippen molar-refractivity contribution in [3.8, 4) is 0 Å². The van der Waals surface area contributed by atoms with Crippen molar-refractivity contribution in [3.63, 3.8) is 0 Å². The Labute approximate surface area is 193 Å². The van der Waals surface area contributed by atoms with Crippen molar-refractivity contribution in [1.82, 2.24) is 19.7 Å². The predicted octanol–water partition coefficient (Wildman–Crippen LogP) is 3.51. The average Bonchev–Trinajstić information content (AvgIpc) is 3.31. The molecule has 1 aliphatic rings. The number of alkyl halides is 3. The lowest BCUT2D eigenvalue weighted by atomic mass is 10.1. The zero-order chi connectivity index (χ0) is 24.9. The van der Waals surface area contributed by atoms with Crippen LogP contribution in [0.15, 0.2) is 47.1 Å². The van der Waals surface area contributed by atoms with Crippen LogP contribution in [-0.4, -0.2) is 55.9 Å². The number of pyridine rings is 1. The lowest BCUT2D eigenvalue weighted by Crippen LogP contribution is -2.36. The fourth-order valence-corrected chi connectivity index (χ4v) is 3.55. The van der Waals surface area contributed by atoms with Gasteiger partial charge in [-0.15, -0.1) is 0 Å². The van der Waals surface area contributed by atoms with Crippen LogP contribution in [0.5, 0.6) is 0 Å². The molecular formula is C22H24F3N5O4. The molecule has 4 heterocycles. The van der Waals surface area contributed by atoms with Crippen LogP contribution in [0.1, 0.15) is 27.6 Å². The van der Waals surface area contributed by atoms with E-state index in [-0.39, 0.29) is 11.8 Å². The third kappa shape index (κ3) is 6.36. The van der Waals surface area contributed by atoms with Crippen LogP contribution in [0.25, 0.3) is 0 Å². The SMILES string of the molecule is Cc1cc(C(=O)N2Cc3ccnn3CC(CNc3ccccn3)C2)c(C)o1.O=C(O)C(F)(F)F. The summed E-state index contributed by atoms with van der Waals surface area (Å²) >= 11 is 0. The molecule has 0 saturated carbocycles. The molecule has 1 amide bonds. The molecule has 34 heavy (non-hydrogen) atoms. The van der Waals surface area contributed by atoms with E-state index in [0.29, 0.717) is 31.0 Å². The van der Waals surface area contributed by atoms with Gasteiger partial charge in [0.2, 0.25) is 0 Å². The number of aryl methyl sites for hydroxylation is 2. The van der Waals surface area contributed by atoms with Gasteiger partial charge in [0.25, 0.3) is 5.91 Å². The predicted molar refractivity (Wildman–Crippen MR) is 115 cm³/mol. The van der Waals surface area contributed by atoms with Gasteiger partial charge in [0.05, 0.1) is 17.8 Å². The number of halogens is 3. The van der Waals surface area contributed by atoms with Gasteiger partial charge < -0.3 is 19.7 Å². The number of carboxylic acids is 1. The molecule has 9 nitrogen and oxygen atoms in total. The zero-order valence-corrected chi connectivity index (χ0v) is 18.5. The molecule has 3 aromatic heterocycles. The molecule has 0 spiro atoms. The van der Waals surface area contributed by atoms with E-state index in [1.807, 2.05) is 53.8 Å². The third-order valence-corrected chi connectivity index (χ3v) is 5.10. The van der Waals surface area contributed by atoms with E-state index in [4.69, 9.17) is 14.3 Å². The van der Waals surface area contributed by atoms with E-state index in [0.717, 1.165) is 23.8 Å². The monoisotopic (exact) mass is 479 g/mol. The smallest absolute Gasteiger partial charge is 0.475 e. The minimum atomic E-state index is -5.08. The molecule has 0 aromatic carbocycles. The molecule has 182 valence electrons. The van der Waals surface area contributed by atoms with Crippen molar-refractivity contribution in [2.45, 2.75) is 33.1 Å². The zero-order valence-electron chi connectivity index (χ0n) is 18.5. The molecule has 1 atom stereocenters. The van der Waals surface area contributed by atoms with Crippen LogP contribution in [0, 0.1) is 19.8 Å². The van der Waals surface area contributed by atoms with Gasteiger partial charge in [-0.25, -0.2) is 9.78 Å². The molecule has 0 fully saturated rings. The van der Waals surface area contributed by atoms with Crippen LogP contribution in [0.2, 0.25) is 0 Å². The number of hydrogen-bond acceptors (Lipinski definition) is 6. The van der Waals surface area contributed by atoms with Crippen LogP contribution in [-0.2, 0) is 17.9 Å². The van der Waals surface area contributed by atoms with Crippen LogP contribution in [0.4, 0.5) is 19.0 Å². The summed E-state index contributed by atoms with van der Waals surface area (Å²) in [6.07, 6.45) is -1.53. The van der Waals surface area contributed by atoms with Gasteiger partial charge in [-0.3, -0.25) is 9.48 Å². The summed E-state index contributed by atoms with van der Waals surface area (Å²) in [7, 11) is 0. The first kappa shape index (κ1) is 24.8. The first-order chi connectivity index (χ1) is 16.0. The molecular weight excluding hydrogens is 455 g/mol. The molecule has 1 unspecified atom stereocenters. The number of anilines is 1. The summed E-state index contributed by atoms with van der Waals surface area (Å²) in [4.78, 5) is 28.2. The second-order valence-electron chi connectivity index (χ2n) is 7.78. The summed E-state index contributed by atoms with van der Waals surface area (Å²) in [5.41, 5.74) is 1.68. The van der Waals surface area contributed by atoms with Crippen molar-refractivity contribution >= 4 is 17.7 Å². The van der Waals surface area contributed by atoms with Crippen molar-refractivity contribution in [2.24, 2.45) is 5.92 Å². The topological polar surface area (TPSA) is 113 Å². The highest BCUT2D eigenvalue weighted by Crippen LogP contribution is 2.22. The quantitative estimate of drug-likeness (QED) is 0.589. The van der Waals surface area contributed by atoms with Gasteiger partial charge in [0, 0.05) is 37.9 Å². The Hall–Kier alpha value is -3.83. The molecule has 3 aromatic rings. The average molecular weight is 479 g/mol. The number of carbonyl (C=O) groups excluding carboxylic acids is 1. The van der Waals surface area contributed by atoms with E-state index < -0.39 is 12.1 Å². The number of aliphatic carboxylic acids is 1. The van der Waals surface area contributed by atoms with Gasteiger partial charge in [0.1, 0.15) is 17.3 Å². The summed E-state index contributed by atoms with van der Waals surface area (Å²) in [6, 6.07) is 9.58. The van der Waals surface area contributed by atoms with E-state index in [2.05, 4.69) is 15.4 Å². The Morgan fingerprint density at radius 3 is 2.53 bits per heavy atom. The normalized spacial score (nSPS) is 15.6. The van der Waals surface area contributed by atoms with Gasteiger partial charge in [0.15, 0.2) is 0 Å². The molecule has 1 aliphatic heterocycles. The van der Waals surface area contributed by atoms with Gasteiger partial charge >= 0.3 is 12.1 Å². The third-order valence-electron chi connectivity index (χ3n) is 5.10. The number of furan rings is 1. The van der Waals surface area contributed by atoms with Gasteiger partial charge in [-0.05, 0) is 38.1 Å². The van der Waals surface area contributed by atoms with Crippen molar-refractivity contribution in [1.29, 1.82) is 0 Å². The van der Waals surface area contributed by atoms with Gasteiger partial charge in [-0.2, -0.15) is 18.3 Å². The summed E-state index contributed by atoms with van der Waals surface area (Å²) in [5, 5.41) is 14.9. The molecule has 12 heteroatoms. The summed E-state index contributed by atoms with van der Waals surface area (Å²) in [6.45, 7) is 6.36. The second kappa shape index (κ2) is 10.4. The fraction of sp³-hybridized carbons (Fsp3) is 0.364. The van der Waals surface area contributed by atoms with Crippen LogP contribution in [0.3, 0.4) is 0 Å². The standard InChI is InChI=1S/C20H23N5O2.C2HF3O2/c1-14-9-18(15(2)27-14)20(26)24-11-16(10-22-19-5-3-4-7-21-19)12-25-17(13-24)6-8-23-25;3-2(4,5)1(6)7/h3-9,16H,10-13H2,1-2H3,(H,21,22);(H,6,7). The fourth-order valence-electron chi connectivity index (χ4n) is 3.55. The molecule has 4 rings (SSSR count). The Morgan fingerprint density at radius 2 is 1.94 bits per heavy atom. The highest BCUT2D eigenvalue weighted by atomic mass is 19.4. The number of carboxylic acid groups (broad SMARTS) is 1. The maximum atomic E-state index is 13.1. The highest BCUT2D eigenvalue weighted by molar-refractivity contribution is 5.95. The van der Waals surface area contributed by atoms with Gasteiger partial charge in [-0.1, -0.05) is 6.07 Å². The lowest BCUT2D eigenvalue weighted by molar-refractivity contribution is -0.192. The van der Waals surface area contributed by atoms with Crippen molar-refractivity contribution in [2.75, 3.05) is 18.4 Å². The highest BCUT2D eigenvalue weighted by Gasteiger charge is 2.38. The van der Waals surface area contributed by atoms with Crippen molar-refractivity contribution in [3.05, 3.63) is 65.5 Å². The van der Waals surface area contributed by atoms with E-state index in [1.165, 1.54) is 0 Å².